The molecular weight excluding hydrogens is 262 g/mol. The number of hydrogen-bond donors (Lipinski definition) is 2. The van der Waals surface area contributed by atoms with Crippen molar-refractivity contribution >= 4 is 23.0 Å². The predicted molar refractivity (Wildman–Crippen MR) is 77.0 cm³/mol. The third kappa shape index (κ3) is 2.76. The number of nitrogens with two attached hydrogens (primary N) is 1. The Bertz CT molecular complexity index is 601. The van der Waals surface area contributed by atoms with E-state index in [4.69, 9.17) is 22.4 Å². The maximum Gasteiger partial charge on any atom is 0.213 e. The van der Waals surface area contributed by atoms with Crippen molar-refractivity contribution in [2.45, 2.75) is 26.8 Å². The summed E-state index contributed by atoms with van der Waals surface area (Å²) in [5.74, 6) is 2.28. The van der Waals surface area contributed by atoms with Gasteiger partial charge in [0.2, 0.25) is 5.89 Å². The zero-order valence-corrected chi connectivity index (χ0v) is 12.0. The Kier molecular flexibility index (Phi) is 3.84. The largest absolute Gasteiger partial charge is 0.444 e. The highest BCUT2D eigenvalue weighted by atomic mass is 32.1. The van der Waals surface area contributed by atoms with Gasteiger partial charge in [0.1, 0.15) is 16.6 Å². The zero-order chi connectivity index (χ0) is 14.0. The number of oxazole rings is 1. The van der Waals surface area contributed by atoms with Crippen LogP contribution in [0.4, 0.5) is 5.82 Å². The summed E-state index contributed by atoms with van der Waals surface area (Å²) in [4.78, 5) is 4.52. The first-order valence-electron chi connectivity index (χ1n) is 6.03. The highest BCUT2D eigenvalue weighted by molar-refractivity contribution is 7.80. The molecular formula is C12H17N5OS. The summed E-state index contributed by atoms with van der Waals surface area (Å²) in [6, 6.07) is 0. The summed E-state index contributed by atoms with van der Waals surface area (Å²) in [6.45, 7) is 4.36. The fraction of sp³-hybridized carbons (Fsp3) is 0.417. The fourth-order valence-corrected chi connectivity index (χ4v) is 2.15. The minimum atomic E-state index is 0.328. The van der Waals surface area contributed by atoms with Gasteiger partial charge in [-0.15, -0.1) is 0 Å². The van der Waals surface area contributed by atoms with Crippen LogP contribution in [0.25, 0.3) is 0 Å². The molecule has 0 aliphatic rings. The molecule has 0 amide bonds. The van der Waals surface area contributed by atoms with E-state index in [0.717, 1.165) is 29.3 Å². The number of nitrogens with zero attached hydrogens (tertiary/aromatic N) is 3. The molecule has 0 radical (unpaired) electrons. The van der Waals surface area contributed by atoms with Gasteiger partial charge in [-0.3, -0.25) is 4.68 Å². The molecule has 3 N–H and O–H groups in total. The molecule has 7 heteroatoms. The van der Waals surface area contributed by atoms with Gasteiger partial charge in [0.05, 0.1) is 24.0 Å². The van der Waals surface area contributed by atoms with Crippen molar-refractivity contribution in [3.63, 3.8) is 0 Å². The van der Waals surface area contributed by atoms with Crippen molar-refractivity contribution in [2.75, 3.05) is 5.32 Å². The Labute approximate surface area is 117 Å². The van der Waals surface area contributed by atoms with Crippen LogP contribution in [0.3, 0.4) is 0 Å². The molecule has 0 bridgehead atoms. The molecule has 2 heterocycles. The van der Waals surface area contributed by atoms with Crippen LogP contribution in [0.15, 0.2) is 10.6 Å². The summed E-state index contributed by atoms with van der Waals surface area (Å²) in [7, 11) is 1.84. The summed E-state index contributed by atoms with van der Waals surface area (Å²) in [6.07, 6.45) is 2.57. The first-order valence-corrected chi connectivity index (χ1v) is 6.44. The molecule has 0 spiro atoms. The van der Waals surface area contributed by atoms with E-state index in [9.17, 15) is 0 Å². The van der Waals surface area contributed by atoms with Gasteiger partial charge in [-0.1, -0.05) is 19.1 Å². The fourth-order valence-electron chi connectivity index (χ4n) is 1.91. The molecule has 19 heavy (non-hydrogen) atoms. The summed E-state index contributed by atoms with van der Waals surface area (Å²) in [5, 5.41) is 7.52. The Morgan fingerprint density at radius 3 is 2.89 bits per heavy atom. The average molecular weight is 279 g/mol. The van der Waals surface area contributed by atoms with Crippen molar-refractivity contribution in [3.05, 3.63) is 29.1 Å². The number of aryl methyl sites for hydroxylation is 3. The Balaban J connectivity index is 2.17. The molecule has 2 rings (SSSR count). The SMILES string of the molecule is CCc1cnc(CNc2c(C(N)=S)c(C)nn2C)o1. The van der Waals surface area contributed by atoms with Gasteiger partial charge >= 0.3 is 0 Å². The molecule has 0 saturated carbocycles. The molecule has 102 valence electrons. The highest BCUT2D eigenvalue weighted by Crippen LogP contribution is 2.19. The number of aromatic nitrogens is 3. The van der Waals surface area contributed by atoms with Crippen LogP contribution in [-0.4, -0.2) is 19.8 Å². The molecule has 0 atom stereocenters. The Morgan fingerprint density at radius 2 is 2.32 bits per heavy atom. The second-order valence-corrected chi connectivity index (χ2v) is 4.66. The maximum atomic E-state index is 5.72. The van der Waals surface area contributed by atoms with Gasteiger partial charge in [-0.2, -0.15) is 5.10 Å². The van der Waals surface area contributed by atoms with Gasteiger partial charge in [0.15, 0.2) is 0 Å². The van der Waals surface area contributed by atoms with Gasteiger partial charge < -0.3 is 15.5 Å². The van der Waals surface area contributed by atoms with E-state index < -0.39 is 0 Å². The molecule has 0 aromatic carbocycles. The van der Waals surface area contributed by atoms with Crippen LogP contribution in [-0.2, 0) is 20.0 Å². The van der Waals surface area contributed by atoms with Crippen LogP contribution >= 0.6 is 12.2 Å². The number of nitrogens with one attached hydrogen (secondary N) is 1. The van der Waals surface area contributed by atoms with Crippen molar-refractivity contribution in [3.8, 4) is 0 Å². The lowest BCUT2D eigenvalue weighted by molar-refractivity contribution is 0.465. The first kappa shape index (κ1) is 13.5. The standard InChI is InChI=1S/C12H17N5OS/c1-4-8-5-14-9(18-8)6-15-12-10(11(13)19)7(2)16-17(12)3/h5,15H,4,6H2,1-3H3,(H2,13,19). The number of thiocarbonyl (C=S) groups is 1. The number of hydrogen-bond acceptors (Lipinski definition) is 5. The normalized spacial score (nSPS) is 10.7. The van der Waals surface area contributed by atoms with Gasteiger partial charge in [0.25, 0.3) is 0 Å². The van der Waals surface area contributed by atoms with Crippen LogP contribution in [0, 0.1) is 6.92 Å². The van der Waals surface area contributed by atoms with Crippen molar-refractivity contribution in [1.82, 2.24) is 14.8 Å². The quantitative estimate of drug-likeness (QED) is 0.808. The molecule has 6 nitrogen and oxygen atoms in total. The van der Waals surface area contributed by atoms with Crippen molar-refractivity contribution in [2.24, 2.45) is 12.8 Å². The summed E-state index contributed by atoms with van der Waals surface area (Å²) >= 11 is 5.05. The average Bonchev–Trinajstić information content (AvgIpc) is 2.90. The lowest BCUT2D eigenvalue weighted by Gasteiger charge is -2.07. The lowest BCUT2D eigenvalue weighted by Crippen LogP contribution is -2.14. The molecule has 2 aromatic rings. The second kappa shape index (κ2) is 5.40. The summed E-state index contributed by atoms with van der Waals surface area (Å²) in [5.41, 5.74) is 7.29. The molecule has 2 aromatic heterocycles. The second-order valence-electron chi connectivity index (χ2n) is 4.22. The van der Waals surface area contributed by atoms with Crippen molar-refractivity contribution < 1.29 is 4.42 Å². The van der Waals surface area contributed by atoms with E-state index >= 15 is 0 Å². The molecule has 0 aliphatic heterocycles. The third-order valence-corrected chi connectivity index (χ3v) is 3.03. The minimum Gasteiger partial charge on any atom is -0.444 e. The van der Waals surface area contributed by atoms with Gasteiger partial charge in [-0.05, 0) is 6.92 Å². The number of rotatable bonds is 5. The van der Waals surface area contributed by atoms with E-state index in [0.29, 0.717) is 17.4 Å². The van der Waals surface area contributed by atoms with E-state index in [-0.39, 0.29) is 0 Å². The molecule has 0 aliphatic carbocycles. The predicted octanol–water partition coefficient (Wildman–Crippen LogP) is 1.53. The maximum absolute atomic E-state index is 5.72. The highest BCUT2D eigenvalue weighted by Gasteiger charge is 2.15. The van der Waals surface area contributed by atoms with Gasteiger partial charge in [-0.25, -0.2) is 4.98 Å². The third-order valence-electron chi connectivity index (χ3n) is 2.83. The van der Waals surface area contributed by atoms with E-state index in [1.807, 2.05) is 20.9 Å². The zero-order valence-electron chi connectivity index (χ0n) is 11.2. The van der Waals surface area contributed by atoms with Crippen molar-refractivity contribution in [1.29, 1.82) is 0 Å². The van der Waals surface area contributed by atoms with Crippen LogP contribution < -0.4 is 11.1 Å². The topological polar surface area (TPSA) is 81.9 Å². The molecule has 0 unspecified atom stereocenters. The minimum absolute atomic E-state index is 0.328. The van der Waals surface area contributed by atoms with E-state index in [2.05, 4.69) is 15.4 Å². The van der Waals surface area contributed by atoms with Crippen LogP contribution in [0.2, 0.25) is 0 Å². The molecule has 0 saturated heterocycles. The van der Waals surface area contributed by atoms with Crippen LogP contribution in [0.5, 0.6) is 0 Å². The number of anilines is 1. The van der Waals surface area contributed by atoms with Crippen LogP contribution in [0.1, 0.15) is 29.8 Å². The molecule has 0 fully saturated rings. The van der Waals surface area contributed by atoms with E-state index in [1.165, 1.54) is 0 Å². The Hall–Kier alpha value is -1.89. The van der Waals surface area contributed by atoms with E-state index in [1.54, 1.807) is 10.9 Å². The lowest BCUT2D eigenvalue weighted by atomic mass is 10.2. The Morgan fingerprint density at radius 1 is 1.58 bits per heavy atom. The first-order chi connectivity index (χ1) is 9.02. The monoisotopic (exact) mass is 279 g/mol. The van der Waals surface area contributed by atoms with Gasteiger partial charge in [0, 0.05) is 13.5 Å². The summed E-state index contributed by atoms with van der Waals surface area (Å²) < 4.78 is 7.25. The smallest absolute Gasteiger partial charge is 0.213 e.